The molecule has 1 aromatic heterocycles. The zero-order valence-electron chi connectivity index (χ0n) is 12.5. The molecule has 1 amide bonds. The number of amides is 1. The summed E-state index contributed by atoms with van der Waals surface area (Å²) in [6, 6.07) is 2.59. The molecule has 20 heavy (non-hydrogen) atoms. The number of rotatable bonds is 3. The number of nitrogens with two attached hydrogens (primary N) is 1. The van der Waals surface area contributed by atoms with Gasteiger partial charge in [-0.25, -0.2) is 0 Å². The Morgan fingerprint density at radius 3 is 2.80 bits per heavy atom. The van der Waals surface area contributed by atoms with E-state index in [2.05, 4.69) is 23.7 Å². The second-order valence-corrected chi connectivity index (χ2v) is 7.23. The predicted octanol–water partition coefficient (Wildman–Crippen LogP) is 3.10. The molecule has 0 bridgehead atoms. The topological polar surface area (TPSA) is 60.1 Å². The third kappa shape index (κ3) is 2.84. The highest BCUT2D eigenvalue weighted by Crippen LogP contribution is 2.38. The van der Waals surface area contributed by atoms with Gasteiger partial charge < -0.3 is 15.6 Å². The maximum absolute atomic E-state index is 12.5. The molecule has 0 aliphatic heterocycles. The Morgan fingerprint density at radius 1 is 1.40 bits per heavy atom. The van der Waals surface area contributed by atoms with Crippen molar-refractivity contribution in [3.8, 4) is 0 Å². The van der Waals surface area contributed by atoms with Crippen LogP contribution in [0.2, 0.25) is 0 Å². The lowest BCUT2D eigenvalue weighted by molar-refractivity contribution is 0.0893. The van der Waals surface area contributed by atoms with Crippen molar-refractivity contribution >= 4 is 11.6 Å². The van der Waals surface area contributed by atoms with Crippen molar-refractivity contribution in [3.63, 3.8) is 0 Å². The van der Waals surface area contributed by atoms with Gasteiger partial charge in [-0.3, -0.25) is 4.79 Å². The largest absolute Gasteiger partial charge is 0.397 e. The molecule has 2 aliphatic rings. The highest BCUT2D eigenvalue weighted by molar-refractivity contribution is 5.94. The van der Waals surface area contributed by atoms with Crippen molar-refractivity contribution in [1.82, 2.24) is 9.88 Å². The van der Waals surface area contributed by atoms with Gasteiger partial charge in [-0.15, -0.1) is 0 Å². The first kappa shape index (κ1) is 13.5. The summed E-state index contributed by atoms with van der Waals surface area (Å²) in [7, 11) is 0. The van der Waals surface area contributed by atoms with Crippen molar-refractivity contribution in [2.45, 2.75) is 64.5 Å². The minimum atomic E-state index is 0.0382. The van der Waals surface area contributed by atoms with E-state index < -0.39 is 0 Å². The number of nitrogens with zero attached hydrogens (tertiary/aromatic N) is 1. The normalized spacial score (nSPS) is 25.4. The number of nitrogen functional groups attached to an aromatic ring is 1. The summed E-state index contributed by atoms with van der Waals surface area (Å²) in [4.78, 5) is 12.5. The Morgan fingerprint density at radius 2 is 2.15 bits per heavy atom. The lowest BCUT2D eigenvalue weighted by Gasteiger charge is -2.35. The molecule has 0 spiro atoms. The first-order valence-corrected chi connectivity index (χ1v) is 7.73. The Bertz CT molecular complexity index is 514. The first-order valence-electron chi connectivity index (χ1n) is 7.73. The van der Waals surface area contributed by atoms with Gasteiger partial charge in [0.15, 0.2) is 0 Å². The van der Waals surface area contributed by atoms with Gasteiger partial charge in [-0.2, -0.15) is 0 Å². The van der Waals surface area contributed by atoms with Gasteiger partial charge in [0.05, 0.1) is 5.69 Å². The molecule has 2 saturated carbocycles. The molecule has 1 heterocycles. The van der Waals surface area contributed by atoms with Crippen molar-refractivity contribution in [1.29, 1.82) is 0 Å². The predicted molar refractivity (Wildman–Crippen MR) is 80.6 cm³/mol. The van der Waals surface area contributed by atoms with Crippen LogP contribution in [0.5, 0.6) is 0 Å². The summed E-state index contributed by atoms with van der Waals surface area (Å²) in [5.41, 5.74) is 7.62. The van der Waals surface area contributed by atoms with E-state index in [1.165, 1.54) is 12.8 Å². The fraction of sp³-hybridized carbons (Fsp3) is 0.688. The van der Waals surface area contributed by atoms with Gasteiger partial charge >= 0.3 is 0 Å². The maximum atomic E-state index is 12.5. The number of hydrogen-bond acceptors (Lipinski definition) is 2. The monoisotopic (exact) mass is 275 g/mol. The summed E-state index contributed by atoms with van der Waals surface area (Å²) in [6.07, 6.45) is 8.83. The molecule has 2 aliphatic carbocycles. The van der Waals surface area contributed by atoms with Crippen molar-refractivity contribution in [2.24, 2.45) is 5.41 Å². The fourth-order valence-corrected chi connectivity index (χ4v) is 3.42. The molecule has 3 rings (SSSR count). The third-order valence-electron chi connectivity index (χ3n) is 4.58. The number of aromatic nitrogens is 1. The molecule has 1 atom stereocenters. The number of hydrogen-bond donors (Lipinski definition) is 2. The van der Waals surface area contributed by atoms with Crippen LogP contribution in [0.15, 0.2) is 12.3 Å². The smallest absolute Gasteiger partial charge is 0.268 e. The molecule has 4 heteroatoms. The second kappa shape index (κ2) is 4.83. The molecule has 3 N–H and O–H groups in total. The third-order valence-corrected chi connectivity index (χ3v) is 4.58. The van der Waals surface area contributed by atoms with Crippen molar-refractivity contribution < 1.29 is 4.79 Å². The SMILES string of the molecule is CC1(C)CCCC(NC(=O)c2cc(N)cn2C2CC2)C1. The van der Waals surface area contributed by atoms with Crippen LogP contribution in [0.1, 0.15) is 68.9 Å². The number of carbonyl (C=O) groups is 1. The van der Waals surface area contributed by atoms with E-state index in [0.29, 0.717) is 23.2 Å². The van der Waals surface area contributed by atoms with Crippen LogP contribution < -0.4 is 11.1 Å². The van der Waals surface area contributed by atoms with Crippen LogP contribution in [0, 0.1) is 5.41 Å². The zero-order valence-corrected chi connectivity index (χ0v) is 12.5. The molecule has 0 radical (unpaired) electrons. The lowest BCUT2D eigenvalue weighted by atomic mass is 9.75. The van der Waals surface area contributed by atoms with Crippen LogP contribution in [0.4, 0.5) is 5.69 Å². The van der Waals surface area contributed by atoms with Crippen LogP contribution in [0.3, 0.4) is 0 Å². The average Bonchev–Trinajstić information content (AvgIpc) is 3.11. The first-order chi connectivity index (χ1) is 9.44. The standard InChI is InChI=1S/C16H25N3O/c1-16(2)7-3-4-12(9-16)18-15(20)14-8-11(17)10-19(14)13-5-6-13/h8,10,12-13H,3-7,9,17H2,1-2H3,(H,18,20). The van der Waals surface area contributed by atoms with E-state index in [4.69, 9.17) is 5.73 Å². The molecule has 0 aromatic carbocycles. The molecular formula is C16H25N3O. The summed E-state index contributed by atoms with van der Waals surface area (Å²) in [5.74, 6) is 0.0382. The van der Waals surface area contributed by atoms with Gasteiger partial charge in [0.2, 0.25) is 0 Å². The van der Waals surface area contributed by atoms with Gasteiger partial charge in [0, 0.05) is 18.3 Å². The number of nitrogens with one attached hydrogen (secondary N) is 1. The van der Waals surface area contributed by atoms with Gasteiger partial charge in [-0.1, -0.05) is 20.3 Å². The zero-order chi connectivity index (χ0) is 14.3. The lowest BCUT2D eigenvalue weighted by Crippen LogP contribution is -2.41. The molecule has 4 nitrogen and oxygen atoms in total. The van der Waals surface area contributed by atoms with Gasteiger partial charge in [0.25, 0.3) is 5.91 Å². The average molecular weight is 275 g/mol. The Kier molecular flexibility index (Phi) is 3.27. The minimum absolute atomic E-state index is 0.0382. The highest BCUT2D eigenvalue weighted by Gasteiger charge is 2.31. The molecule has 2 fully saturated rings. The quantitative estimate of drug-likeness (QED) is 0.890. The van der Waals surface area contributed by atoms with Crippen LogP contribution in [-0.4, -0.2) is 16.5 Å². The summed E-state index contributed by atoms with van der Waals surface area (Å²) < 4.78 is 2.05. The highest BCUT2D eigenvalue weighted by atomic mass is 16.2. The summed E-state index contributed by atoms with van der Waals surface area (Å²) >= 11 is 0. The molecular weight excluding hydrogens is 250 g/mol. The van der Waals surface area contributed by atoms with E-state index in [1.807, 2.05) is 12.3 Å². The number of anilines is 1. The minimum Gasteiger partial charge on any atom is -0.397 e. The molecule has 1 aromatic rings. The van der Waals surface area contributed by atoms with Gasteiger partial charge in [0.1, 0.15) is 5.69 Å². The van der Waals surface area contributed by atoms with E-state index in [0.717, 1.165) is 31.4 Å². The van der Waals surface area contributed by atoms with E-state index in [9.17, 15) is 4.79 Å². The van der Waals surface area contributed by atoms with Crippen LogP contribution >= 0.6 is 0 Å². The Labute approximate surface area is 120 Å². The molecule has 110 valence electrons. The maximum Gasteiger partial charge on any atom is 0.268 e. The number of carbonyl (C=O) groups excluding carboxylic acids is 1. The van der Waals surface area contributed by atoms with E-state index in [1.54, 1.807) is 0 Å². The fourth-order valence-electron chi connectivity index (χ4n) is 3.42. The Hall–Kier alpha value is -1.45. The summed E-state index contributed by atoms with van der Waals surface area (Å²) in [6.45, 7) is 4.58. The van der Waals surface area contributed by atoms with Crippen molar-refractivity contribution in [2.75, 3.05) is 5.73 Å². The molecule has 1 unspecified atom stereocenters. The summed E-state index contributed by atoms with van der Waals surface area (Å²) in [5, 5.41) is 3.21. The van der Waals surface area contributed by atoms with E-state index in [-0.39, 0.29) is 5.91 Å². The Balaban J connectivity index is 1.70. The van der Waals surface area contributed by atoms with Crippen LogP contribution in [-0.2, 0) is 0 Å². The van der Waals surface area contributed by atoms with E-state index >= 15 is 0 Å². The molecule has 0 saturated heterocycles. The second-order valence-electron chi connectivity index (χ2n) is 7.23. The van der Waals surface area contributed by atoms with Crippen LogP contribution in [0.25, 0.3) is 0 Å². The van der Waals surface area contributed by atoms with Gasteiger partial charge in [-0.05, 0) is 43.6 Å². The van der Waals surface area contributed by atoms with Crippen molar-refractivity contribution in [3.05, 3.63) is 18.0 Å².